The molecule has 20 heavy (non-hydrogen) atoms. The summed E-state index contributed by atoms with van der Waals surface area (Å²) in [6.07, 6.45) is 10.3. The molecule has 0 saturated heterocycles. The Morgan fingerprint density at radius 2 is 2.05 bits per heavy atom. The molecule has 1 N–H and O–H groups in total. The summed E-state index contributed by atoms with van der Waals surface area (Å²) in [6.45, 7) is 5.58. The number of thioether (sulfide) groups is 1. The van der Waals surface area contributed by atoms with Crippen molar-refractivity contribution in [2.24, 2.45) is 0 Å². The first-order valence-electron chi connectivity index (χ1n) is 8.17. The fraction of sp³-hybridized carbons (Fsp3) is 0.867. The second-order valence-electron chi connectivity index (χ2n) is 5.52. The van der Waals surface area contributed by atoms with Gasteiger partial charge in [-0.2, -0.15) is 0 Å². The molecule has 0 aliphatic carbocycles. The van der Waals surface area contributed by atoms with Gasteiger partial charge in [0.05, 0.1) is 0 Å². The average molecular weight is 296 g/mol. The van der Waals surface area contributed by atoms with Gasteiger partial charge in [-0.3, -0.25) is 0 Å². The summed E-state index contributed by atoms with van der Waals surface area (Å²) in [4.78, 5) is 0. The van der Waals surface area contributed by atoms with E-state index in [0.29, 0.717) is 0 Å². The van der Waals surface area contributed by atoms with Gasteiger partial charge in [-0.05, 0) is 25.8 Å². The van der Waals surface area contributed by atoms with Gasteiger partial charge >= 0.3 is 0 Å². The van der Waals surface area contributed by atoms with E-state index in [-0.39, 0.29) is 0 Å². The predicted octanol–water partition coefficient (Wildman–Crippen LogP) is 3.27. The molecule has 0 radical (unpaired) electrons. The van der Waals surface area contributed by atoms with E-state index >= 15 is 0 Å². The van der Waals surface area contributed by atoms with Crippen molar-refractivity contribution < 1.29 is 0 Å². The summed E-state index contributed by atoms with van der Waals surface area (Å²) >= 11 is 1.85. The molecule has 0 bridgehead atoms. The lowest BCUT2D eigenvalue weighted by Crippen LogP contribution is -2.18. The van der Waals surface area contributed by atoms with E-state index in [2.05, 4.69) is 27.0 Å². The second kappa shape index (κ2) is 9.40. The van der Waals surface area contributed by atoms with Gasteiger partial charge in [0.1, 0.15) is 5.82 Å². The third-order valence-corrected chi connectivity index (χ3v) is 4.76. The first-order chi connectivity index (χ1) is 9.92. The number of hydrogen-bond acceptors (Lipinski definition) is 4. The number of nitrogens with zero attached hydrogens (tertiary/aromatic N) is 3. The van der Waals surface area contributed by atoms with Crippen molar-refractivity contribution >= 4 is 11.8 Å². The highest BCUT2D eigenvalue weighted by atomic mass is 32.2. The van der Waals surface area contributed by atoms with Crippen molar-refractivity contribution in [3.05, 3.63) is 5.82 Å². The molecule has 4 nitrogen and oxygen atoms in total. The van der Waals surface area contributed by atoms with Crippen molar-refractivity contribution in [1.82, 2.24) is 20.1 Å². The maximum Gasteiger partial charge on any atom is 0.191 e. The zero-order chi connectivity index (χ0) is 14.0. The molecule has 1 aromatic heterocycles. The molecular weight excluding hydrogens is 268 g/mol. The Morgan fingerprint density at radius 3 is 2.95 bits per heavy atom. The van der Waals surface area contributed by atoms with Gasteiger partial charge < -0.3 is 9.88 Å². The van der Waals surface area contributed by atoms with Crippen LogP contribution in [-0.4, -0.2) is 33.6 Å². The molecule has 0 spiro atoms. The maximum atomic E-state index is 4.35. The average Bonchev–Trinajstić information content (AvgIpc) is 2.70. The molecule has 114 valence electrons. The minimum Gasteiger partial charge on any atom is -0.316 e. The van der Waals surface area contributed by atoms with Crippen LogP contribution in [0.15, 0.2) is 5.16 Å². The number of aryl methyl sites for hydroxylation is 1. The minimum absolute atomic E-state index is 1.07. The standard InChI is InChI=1S/C15H28N4S/c1-2-3-4-7-10-16-11-13-20-15-18-17-14-9-6-5-8-12-19(14)15/h16H,2-13H2,1H3. The Labute approximate surface area is 127 Å². The Hall–Kier alpha value is -0.550. The van der Waals surface area contributed by atoms with Gasteiger partial charge in [-0.15, -0.1) is 10.2 Å². The highest BCUT2D eigenvalue weighted by Crippen LogP contribution is 2.21. The Balaban J connectivity index is 1.61. The van der Waals surface area contributed by atoms with E-state index in [9.17, 15) is 0 Å². The second-order valence-corrected chi connectivity index (χ2v) is 6.58. The smallest absolute Gasteiger partial charge is 0.191 e. The van der Waals surface area contributed by atoms with Crippen LogP contribution in [0, 0.1) is 0 Å². The zero-order valence-corrected chi connectivity index (χ0v) is 13.6. The quantitative estimate of drug-likeness (QED) is 0.561. The Morgan fingerprint density at radius 1 is 1.10 bits per heavy atom. The first kappa shape index (κ1) is 15.8. The molecule has 0 aromatic carbocycles. The largest absolute Gasteiger partial charge is 0.316 e. The molecule has 1 aliphatic rings. The molecule has 0 unspecified atom stereocenters. The fourth-order valence-electron chi connectivity index (χ4n) is 2.58. The normalized spacial score (nSPS) is 15.1. The van der Waals surface area contributed by atoms with E-state index < -0.39 is 0 Å². The van der Waals surface area contributed by atoms with Crippen molar-refractivity contribution in [3.63, 3.8) is 0 Å². The highest BCUT2D eigenvalue weighted by molar-refractivity contribution is 7.99. The van der Waals surface area contributed by atoms with E-state index in [1.165, 1.54) is 50.8 Å². The molecule has 1 aromatic rings. The molecule has 0 atom stereocenters. The van der Waals surface area contributed by atoms with Gasteiger partial charge in [0, 0.05) is 25.3 Å². The Kier molecular flexibility index (Phi) is 7.44. The van der Waals surface area contributed by atoms with Gasteiger partial charge in [0.2, 0.25) is 0 Å². The van der Waals surface area contributed by atoms with E-state index in [0.717, 1.165) is 37.0 Å². The summed E-state index contributed by atoms with van der Waals surface area (Å²) in [5.74, 6) is 2.28. The number of fused-ring (bicyclic) bond motifs is 1. The summed E-state index contributed by atoms with van der Waals surface area (Å²) in [5.41, 5.74) is 0. The van der Waals surface area contributed by atoms with Crippen molar-refractivity contribution in [3.8, 4) is 0 Å². The van der Waals surface area contributed by atoms with Crippen LogP contribution in [0.3, 0.4) is 0 Å². The van der Waals surface area contributed by atoms with Crippen LogP contribution >= 0.6 is 11.8 Å². The maximum absolute atomic E-state index is 4.35. The third-order valence-electron chi connectivity index (χ3n) is 3.79. The molecule has 0 saturated carbocycles. The number of rotatable bonds is 9. The van der Waals surface area contributed by atoms with Crippen molar-refractivity contribution in [1.29, 1.82) is 0 Å². The lowest BCUT2D eigenvalue weighted by Gasteiger charge is -2.07. The summed E-state index contributed by atoms with van der Waals surface area (Å²) in [7, 11) is 0. The summed E-state index contributed by atoms with van der Waals surface area (Å²) in [5, 5.41) is 13.3. The van der Waals surface area contributed by atoms with Crippen LogP contribution in [0.2, 0.25) is 0 Å². The van der Waals surface area contributed by atoms with Crippen LogP contribution in [0.1, 0.15) is 57.7 Å². The summed E-state index contributed by atoms with van der Waals surface area (Å²) in [6, 6.07) is 0. The van der Waals surface area contributed by atoms with Crippen molar-refractivity contribution in [2.45, 2.75) is 70.0 Å². The third kappa shape index (κ3) is 5.09. The summed E-state index contributed by atoms with van der Waals surface area (Å²) < 4.78 is 2.33. The molecule has 5 heteroatoms. The first-order valence-corrected chi connectivity index (χ1v) is 9.16. The molecule has 0 amide bonds. The minimum atomic E-state index is 1.07. The van der Waals surface area contributed by atoms with Gasteiger partial charge in [-0.1, -0.05) is 44.4 Å². The molecule has 2 rings (SSSR count). The van der Waals surface area contributed by atoms with Gasteiger partial charge in [0.15, 0.2) is 5.16 Å². The molecule has 2 heterocycles. The Bertz CT molecular complexity index is 378. The van der Waals surface area contributed by atoms with Gasteiger partial charge in [0.25, 0.3) is 0 Å². The van der Waals surface area contributed by atoms with Crippen LogP contribution < -0.4 is 5.32 Å². The SMILES string of the molecule is CCCCCCNCCSc1nnc2n1CCCCC2. The fourth-order valence-corrected chi connectivity index (χ4v) is 3.46. The van der Waals surface area contributed by atoms with Gasteiger partial charge in [-0.25, -0.2) is 0 Å². The molecule has 1 aliphatic heterocycles. The number of hydrogen-bond donors (Lipinski definition) is 1. The van der Waals surface area contributed by atoms with E-state index in [1.807, 2.05) is 11.8 Å². The molecular formula is C15H28N4S. The van der Waals surface area contributed by atoms with Crippen LogP contribution in [0.5, 0.6) is 0 Å². The number of nitrogens with one attached hydrogen (secondary N) is 1. The van der Waals surface area contributed by atoms with Crippen LogP contribution in [-0.2, 0) is 13.0 Å². The highest BCUT2D eigenvalue weighted by Gasteiger charge is 2.14. The molecule has 0 fully saturated rings. The van der Waals surface area contributed by atoms with E-state index in [1.54, 1.807) is 0 Å². The lowest BCUT2D eigenvalue weighted by molar-refractivity contribution is 0.590. The van der Waals surface area contributed by atoms with Crippen LogP contribution in [0.25, 0.3) is 0 Å². The monoisotopic (exact) mass is 296 g/mol. The predicted molar refractivity (Wildman–Crippen MR) is 85.3 cm³/mol. The number of aromatic nitrogens is 3. The van der Waals surface area contributed by atoms with Crippen molar-refractivity contribution in [2.75, 3.05) is 18.8 Å². The zero-order valence-electron chi connectivity index (χ0n) is 12.7. The lowest BCUT2D eigenvalue weighted by atomic mass is 10.2. The number of unbranched alkanes of at least 4 members (excludes halogenated alkanes) is 3. The topological polar surface area (TPSA) is 42.7 Å². The van der Waals surface area contributed by atoms with E-state index in [4.69, 9.17) is 0 Å². The van der Waals surface area contributed by atoms with Crippen LogP contribution in [0.4, 0.5) is 0 Å².